The maximum atomic E-state index is 13.6. The number of benzene rings is 2. The van der Waals surface area contributed by atoms with Crippen LogP contribution in [0.25, 0.3) is 0 Å². The molecule has 2 aliphatic carbocycles. The summed E-state index contributed by atoms with van der Waals surface area (Å²) in [5.74, 6) is 1.59. The predicted octanol–water partition coefficient (Wildman–Crippen LogP) is 7.24. The summed E-state index contributed by atoms with van der Waals surface area (Å²) in [5.41, 5.74) is 2.36. The predicted molar refractivity (Wildman–Crippen MR) is 183 cm³/mol. The molecule has 2 fully saturated rings. The Morgan fingerprint density at radius 2 is 1.65 bits per heavy atom. The highest BCUT2D eigenvalue weighted by Crippen LogP contribution is 2.36. The molecule has 1 heterocycles. The van der Waals surface area contributed by atoms with Crippen molar-refractivity contribution in [3.8, 4) is 11.5 Å². The van der Waals surface area contributed by atoms with Crippen molar-refractivity contribution < 1.29 is 34.0 Å². The van der Waals surface area contributed by atoms with Gasteiger partial charge < -0.3 is 29.7 Å². The number of alkyl halides is 2. The number of nitrogens with zero attached hydrogens (tertiary/aromatic N) is 1. The summed E-state index contributed by atoms with van der Waals surface area (Å²) in [6.45, 7) is 6.12. The number of halogens is 2. The highest BCUT2D eigenvalue weighted by molar-refractivity contribution is 5.98. The molecular formula is C38H49F2N3O5. The van der Waals surface area contributed by atoms with Gasteiger partial charge in [-0.15, -0.1) is 0 Å². The van der Waals surface area contributed by atoms with Crippen molar-refractivity contribution in [3.05, 3.63) is 94.9 Å². The first-order valence-electron chi connectivity index (χ1n) is 17.0. The normalized spacial score (nSPS) is 19.3. The first-order chi connectivity index (χ1) is 23.2. The quantitative estimate of drug-likeness (QED) is 0.195. The van der Waals surface area contributed by atoms with Gasteiger partial charge in [0.1, 0.15) is 17.3 Å². The van der Waals surface area contributed by atoms with E-state index in [-0.39, 0.29) is 43.0 Å². The van der Waals surface area contributed by atoms with Crippen molar-refractivity contribution in [2.24, 2.45) is 23.7 Å². The van der Waals surface area contributed by atoms with Crippen LogP contribution in [-0.4, -0.2) is 62.7 Å². The van der Waals surface area contributed by atoms with Crippen molar-refractivity contribution in [1.29, 1.82) is 0 Å². The zero-order chi connectivity index (χ0) is 34.0. The second kappa shape index (κ2) is 16.8. The number of piperidine rings is 1. The molecule has 10 heteroatoms. The Labute approximate surface area is 283 Å². The van der Waals surface area contributed by atoms with Crippen LogP contribution in [0.5, 0.6) is 11.5 Å². The molecule has 48 heavy (non-hydrogen) atoms. The van der Waals surface area contributed by atoms with E-state index in [2.05, 4.69) is 10.6 Å². The van der Waals surface area contributed by atoms with E-state index >= 15 is 0 Å². The van der Waals surface area contributed by atoms with Gasteiger partial charge in [-0.1, -0.05) is 37.6 Å². The molecule has 0 bridgehead atoms. The van der Waals surface area contributed by atoms with Crippen molar-refractivity contribution in [2.75, 3.05) is 39.4 Å². The lowest BCUT2D eigenvalue weighted by Gasteiger charge is -2.32. The summed E-state index contributed by atoms with van der Waals surface area (Å²) in [4.78, 5) is 28.1. The summed E-state index contributed by atoms with van der Waals surface area (Å²) in [6, 6.07) is 15.0. The van der Waals surface area contributed by atoms with E-state index in [4.69, 9.17) is 14.2 Å². The Morgan fingerprint density at radius 3 is 2.27 bits per heavy atom. The number of allylic oxidation sites excluding steroid dienone is 2. The van der Waals surface area contributed by atoms with Crippen molar-refractivity contribution >= 4 is 11.8 Å². The fourth-order valence-electron chi connectivity index (χ4n) is 5.96. The average molecular weight is 666 g/mol. The summed E-state index contributed by atoms with van der Waals surface area (Å²) in [7, 11) is 0. The SMILES string of the molecule is Cc1ccc(Oc2ccc(C(=O)N3CCC(CN/C=C4/C(OC(F)F)=C(C(=O)NCCOCC5CC5)C=CC4C(C)C)CC3)cc2)cc1.[HH]. The summed E-state index contributed by atoms with van der Waals surface area (Å²) < 4.78 is 43.7. The molecule has 1 atom stereocenters. The van der Waals surface area contributed by atoms with E-state index in [9.17, 15) is 18.4 Å². The Hall–Kier alpha value is -4.18. The highest BCUT2D eigenvalue weighted by Gasteiger charge is 2.31. The van der Waals surface area contributed by atoms with E-state index in [0.717, 1.165) is 24.2 Å². The Bertz CT molecular complexity index is 1480. The third kappa shape index (κ3) is 9.92. The zero-order valence-electron chi connectivity index (χ0n) is 28.1. The number of hydrogen-bond donors (Lipinski definition) is 2. The number of ether oxygens (including phenoxy) is 3. The van der Waals surface area contributed by atoms with Gasteiger partial charge in [-0.25, -0.2) is 0 Å². The second-order valence-corrected chi connectivity index (χ2v) is 13.2. The third-order valence-corrected chi connectivity index (χ3v) is 9.01. The molecule has 1 unspecified atom stereocenters. The molecule has 2 amide bonds. The van der Waals surface area contributed by atoms with Crippen LogP contribution in [0.15, 0.2) is 83.8 Å². The minimum absolute atomic E-state index is 0. The van der Waals surface area contributed by atoms with Crippen LogP contribution in [0, 0.1) is 30.6 Å². The largest absolute Gasteiger partial charge is 0.457 e. The van der Waals surface area contributed by atoms with Crippen LogP contribution in [0.1, 0.15) is 56.9 Å². The minimum atomic E-state index is -3.08. The number of carbonyl (C=O) groups excluding carboxylic acids is 2. The number of hydrogen-bond acceptors (Lipinski definition) is 6. The molecule has 1 saturated heterocycles. The smallest absolute Gasteiger partial charge is 0.387 e. The molecule has 260 valence electrons. The van der Waals surface area contributed by atoms with E-state index in [1.165, 1.54) is 12.8 Å². The molecule has 0 spiro atoms. The lowest BCUT2D eigenvalue weighted by molar-refractivity contribution is -0.118. The molecule has 8 nitrogen and oxygen atoms in total. The maximum Gasteiger partial charge on any atom is 0.387 e. The van der Waals surface area contributed by atoms with Gasteiger partial charge in [-0.05, 0) is 92.8 Å². The van der Waals surface area contributed by atoms with Gasteiger partial charge in [0, 0.05) is 57.5 Å². The fourth-order valence-corrected chi connectivity index (χ4v) is 5.96. The monoisotopic (exact) mass is 665 g/mol. The maximum absolute atomic E-state index is 13.6. The summed E-state index contributed by atoms with van der Waals surface area (Å²) >= 11 is 0. The second-order valence-electron chi connectivity index (χ2n) is 13.2. The van der Waals surface area contributed by atoms with E-state index in [1.807, 2.05) is 68.1 Å². The standard InChI is InChI=1S/C38H47F2N3O5.H2/c1-25(2)32-14-15-33(36(44)42-18-21-46-24-28-6-7-28)35(48-38(39)40)34(32)23-41-22-27-16-19-43(20-17-27)37(45)29-8-12-31(13-9-29)47-30-10-4-26(3)5-11-30;/h4-5,8-15,23,25,27-28,32,38,41H,6-7,16-22,24H2,1-3H3,(H,42,44);1H/b34-23+;. The number of likely N-dealkylation sites (tertiary alicyclic amines) is 1. The summed E-state index contributed by atoms with van der Waals surface area (Å²) in [5, 5.41) is 6.11. The Morgan fingerprint density at radius 1 is 0.979 bits per heavy atom. The van der Waals surface area contributed by atoms with Crippen molar-refractivity contribution in [2.45, 2.75) is 53.1 Å². The third-order valence-electron chi connectivity index (χ3n) is 9.01. The van der Waals surface area contributed by atoms with Crippen LogP contribution in [0.4, 0.5) is 8.78 Å². The number of amides is 2. The molecule has 1 saturated carbocycles. The highest BCUT2D eigenvalue weighted by atomic mass is 19.3. The molecule has 0 radical (unpaired) electrons. The topological polar surface area (TPSA) is 89.1 Å². The van der Waals surface area contributed by atoms with Gasteiger partial charge in [0.05, 0.1) is 12.2 Å². The fraction of sp³-hybridized carbons (Fsp3) is 0.474. The first-order valence-corrected chi connectivity index (χ1v) is 17.0. The molecule has 0 aromatic heterocycles. The van der Waals surface area contributed by atoms with Gasteiger partial charge >= 0.3 is 6.61 Å². The van der Waals surface area contributed by atoms with E-state index in [0.29, 0.717) is 55.7 Å². The lowest BCUT2D eigenvalue weighted by Crippen LogP contribution is -2.40. The lowest BCUT2D eigenvalue weighted by atomic mass is 9.82. The zero-order valence-corrected chi connectivity index (χ0v) is 28.1. The van der Waals surface area contributed by atoms with Crippen LogP contribution in [0.3, 0.4) is 0 Å². The van der Waals surface area contributed by atoms with Crippen LogP contribution in [0.2, 0.25) is 0 Å². The van der Waals surface area contributed by atoms with Gasteiger partial charge in [-0.2, -0.15) is 8.78 Å². The molecule has 5 rings (SSSR count). The number of rotatable bonds is 15. The Balaban J connectivity index is 0.00000541. The van der Waals surface area contributed by atoms with Gasteiger partial charge in [0.25, 0.3) is 11.8 Å². The van der Waals surface area contributed by atoms with Crippen LogP contribution >= 0.6 is 0 Å². The van der Waals surface area contributed by atoms with Crippen LogP contribution < -0.4 is 15.4 Å². The van der Waals surface area contributed by atoms with Gasteiger partial charge in [0.15, 0.2) is 0 Å². The minimum Gasteiger partial charge on any atom is -0.457 e. The van der Waals surface area contributed by atoms with Gasteiger partial charge in [-0.3, -0.25) is 9.59 Å². The van der Waals surface area contributed by atoms with E-state index < -0.39 is 12.5 Å². The summed E-state index contributed by atoms with van der Waals surface area (Å²) in [6.07, 6.45) is 9.14. The molecule has 3 aliphatic rings. The molecule has 1 aliphatic heterocycles. The molecule has 2 aromatic carbocycles. The van der Waals surface area contributed by atoms with Crippen molar-refractivity contribution in [3.63, 3.8) is 0 Å². The average Bonchev–Trinajstić information content (AvgIpc) is 3.90. The van der Waals surface area contributed by atoms with E-state index in [1.54, 1.807) is 24.4 Å². The Kier molecular flexibility index (Phi) is 12.3. The molecular weight excluding hydrogens is 616 g/mol. The van der Waals surface area contributed by atoms with Gasteiger partial charge in [0.2, 0.25) is 0 Å². The molecule has 2 aromatic rings. The first kappa shape index (κ1) is 35.1. The van der Waals surface area contributed by atoms with Crippen molar-refractivity contribution in [1.82, 2.24) is 15.5 Å². The number of aryl methyl sites for hydroxylation is 1. The number of carbonyl (C=O) groups is 2. The molecule has 2 N–H and O–H groups in total. The van der Waals surface area contributed by atoms with Crippen LogP contribution in [-0.2, 0) is 14.3 Å². The number of nitrogens with one attached hydrogen (secondary N) is 2.